The summed E-state index contributed by atoms with van der Waals surface area (Å²) in [6.45, 7) is 1.82. The molecule has 0 radical (unpaired) electrons. The Morgan fingerprint density at radius 3 is 2.72 bits per heavy atom. The van der Waals surface area contributed by atoms with Crippen molar-refractivity contribution >= 4 is 34.1 Å². The first-order valence-electron chi connectivity index (χ1n) is 5.03. The normalized spacial score (nSPS) is 10.3. The molecule has 1 heterocycles. The third-order valence-electron chi connectivity index (χ3n) is 2.36. The number of non-ortho nitro benzene ring substituents is 1. The highest BCUT2D eigenvalue weighted by atomic mass is 127. The number of rotatable bonds is 2. The number of nitro benzene ring substituents is 1. The van der Waals surface area contributed by atoms with Gasteiger partial charge in [-0.05, 0) is 29.5 Å². The van der Waals surface area contributed by atoms with E-state index in [1.807, 2.05) is 6.92 Å². The quantitative estimate of drug-likeness (QED) is 0.507. The van der Waals surface area contributed by atoms with E-state index < -0.39 is 4.92 Å². The van der Waals surface area contributed by atoms with Crippen LogP contribution in [-0.2, 0) is 0 Å². The molecular formula is C11H9IN4O2. The van der Waals surface area contributed by atoms with E-state index in [9.17, 15) is 10.1 Å². The van der Waals surface area contributed by atoms with Crippen molar-refractivity contribution in [2.75, 3.05) is 5.73 Å². The molecule has 0 unspecified atom stereocenters. The topological polar surface area (TPSA) is 94.9 Å². The summed E-state index contributed by atoms with van der Waals surface area (Å²) in [7, 11) is 0. The van der Waals surface area contributed by atoms with Crippen LogP contribution in [0.2, 0.25) is 0 Å². The van der Waals surface area contributed by atoms with Crippen LogP contribution in [0.4, 0.5) is 11.5 Å². The molecule has 18 heavy (non-hydrogen) atoms. The number of benzene rings is 1. The third-order valence-corrected chi connectivity index (χ3v) is 3.69. The van der Waals surface area contributed by atoms with E-state index in [-0.39, 0.29) is 5.69 Å². The second-order valence-electron chi connectivity index (χ2n) is 3.64. The van der Waals surface area contributed by atoms with Crippen molar-refractivity contribution < 1.29 is 4.92 Å². The molecule has 0 atom stereocenters. The highest BCUT2D eigenvalue weighted by Crippen LogP contribution is 2.24. The zero-order valence-electron chi connectivity index (χ0n) is 9.42. The minimum absolute atomic E-state index is 0.00544. The summed E-state index contributed by atoms with van der Waals surface area (Å²) in [5, 5.41) is 10.7. The Hall–Kier alpha value is -1.77. The fourth-order valence-electron chi connectivity index (χ4n) is 1.47. The average Bonchev–Trinajstić information content (AvgIpc) is 2.35. The van der Waals surface area contributed by atoms with Gasteiger partial charge in [-0.15, -0.1) is 0 Å². The van der Waals surface area contributed by atoms with E-state index in [0.717, 1.165) is 9.26 Å². The monoisotopic (exact) mass is 356 g/mol. The van der Waals surface area contributed by atoms with E-state index in [2.05, 4.69) is 32.6 Å². The molecule has 0 saturated carbocycles. The van der Waals surface area contributed by atoms with Crippen molar-refractivity contribution in [1.82, 2.24) is 9.97 Å². The Balaban J connectivity index is 2.55. The molecule has 0 fully saturated rings. The zero-order chi connectivity index (χ0) is 13.3. The van der Waals surface area contributed by atoms with E-state index >= 15 is 0 Å². The van der Waals surface area contributed by atoms with Crippen molar-refractivity contribution in [2.24, 2.45) is 0 Å². The van der Waals surface area contributed by atoms with Crippen molar-refractivity contribution in [3.8, 4) is 11.4 Å². The minimum atomic E-state index is -0.452. The maximum absolute atomic E-state index is 10.7. The summed E-state index contributed by atoms with van der Waals surface area (Å²) in [5.41, 5.74) is 7.10. The number of nitrogens with two attached hydrogens (primary N) is 1. The van der Waals surface area contributed by atoms with Crippen molar-refractivity contribution in [2.45, 2.75) is 6.92 Å². The molecule has 1 aromatic carbocycles. The van der Waals surface area contributed by atoms with Gasteiger partial charge in [-0.3, -0.25) is 10.1 Å². The zero-order valence-corrected chi connectivity index (χ0v) is 11.6. The van der Waals surface area contributed by atoms with E-state index in [0.29, 0.717) is 17.2 Å². The Morgan fingerprint density at radius 1 is 1.39 bits per heavy atom. The molecule has 7 heteroatoms. The number of nitro groups is 1. The molecule has 2 rings (SSSR count). The minimum Gasteiger partial charge on any atom is -0.383 e. The van der Waals surface area contributed by atoms with Crippen LogP contribution < -0.4 is 5.73 Å². The SMILES string of the molecule is Cc1nc(-c2cccc([N+](=O)[O-])c2)nc(N)c1I. The third kappa shape index (κ3) is 2.40. The molecule has 92 valence electrons. The first-order chi connectivity index (χ1) is 8.49. The molecule has 1 aromatic heterocycles. The van der Waals surface area contributed by atoms with Gasteiger partial charge < -0.3 is 5.73 Å². The van der Waals surface area contributed by atoms with Crippen LogP contribution >= 0.6 is 22.6 Å². The summed E-state index contributed by atoms with van der Waals surface area (Å²) in [4.78, 5) is 18.7. The lowest BCUT2D eigenvalue weighted by molar-refractivity contribution is -0.384. The van der Waals surface area contributed by atoms with Crippen LogP contribution in [0.25, 0.3) is 11.4 Å². The molecule has 2 N–H and O–H groups in total. The largest absolute Gasteiger partial charge is 0.383 e. The predicted molar refractivity (Wildman–Crippen MR) is 76.0 cm³/mol. The number of hydrogen-bond acceptors (Lipinski definition) is 5. The summed E-state index contributed by atoms with van der Waals surface area (Å²) < 4.78 is 0.793. The first kappa shape index (κ1) is 12.7. The van der Waals surface area contributed by atoms with Gasteiger partial charge in [0.1, 0.15) is 5.82 Å². The van der Waals surface area contributed by atoms with Crippen LogP contribution in [0.15, 0.2) is 24.3 Å². The van der Waals surface area contributed by atoms with Gasteiger partial charge in [-0.1, -0.05) is 12.1 Å². The van der Waals surface area contributed by atoms with Crippen LogP contribution in [0.1, 0.15) is 5.69 Å². The molecule has 0 aliphatic carbocycles. The molecule has 6 nitrogen and oxygen atoms in total. The summed E-state index contributed by atoms with van der Waals surface area (Å²) in [5.74, 6) is 0.777. The number of nitrogen functional groups attached to an aromatic ring is 1. The lowest BCUT2D eigenvalue weighted by Crippen LogP contribution is -2.02. The lowest BCUT2D eigenvalue weighted by Gasteiger charge is -2.05. The number of hydrogen-bond donors (Lipinski definition) is 1. The van der Waals surface area contributed by atoms with Crippen LogP contribution in [-0.4, -0.2) is 14.9 Å². The van der Waals surface area contributed by atoms with Gasteiger partial charge in [0.05, 0.1) is 14.2 Å². The van der Waals surface area contributed by atoms with Crippen molar-refractivity contribution in [3.63, 3.8) is 0 Å². The van der Waals surface area contributed by atoms with Gasteiger partial charge in [0.25, 0.3) is 5.69 Å². The molecule has 0 bridgehead atoms. The number of nitrogens with zero attached hydrogens (tertiary/aromatic N) is 3. The maximum atomic E-state index is 10.7. The van der Waals surface area contributed by atoms with Gasteiger partial charge in [-0.2, -0.15) is 0 Å². The lowest BCUT2D eigenvalue weighted by atomic mass is 10.2. The standard InChI is InChI=1S/C11H9IN4O2/c1-6-9(12)10(13)15-11(14-6)7-3-2-4-8(5-7)16(17)18/h2-5H,1H3,(H2,13,14,15). The average molecular weight is 356 g/mol. The van der Waals surface area contributed by atoms with Gasteiger partial charge in [0, 0.05) is 17.7 Å². The highest BCUT2D eigenvalue weighted by Gasteiger charge is 2.11. The smallest absolute Gasteiger partial charge is 0.270 e. The van der Waals surface area contributed by atoms with Crippen LogP contribution in [0.3, 0.4) is 0 Å². The molecule has 0 aliphatic heterocycles. The predicted octanol–water partition coefficient (Wildman–Crippen LogP) is 2.55. The number of aromatic nitrogens is 2. The second-order valence-corrected chi connectivity index (χ2v) is 4.72. The van der Waals surface area contributed by atoms with E-state index in [1.165, 1.54) is 12.1 Å². The van der Waals surface area contributed by atoms with Gasteiger partial charge >= 0.3 is 0 Å². The number of aryl methyl sites for hydroxylation is 1. The fourth-order valence-corrected chi connectivity index (χ4v) is 1.71. The number of anilines is 1. The molecule has 0 amide bonds. The van der Waals surface area contributed by atoms with Crippen LogP contribution in [0.5, 0.6) is 0 Å². The molecular weight excluding hydrogens is 347 g/mol. The van der Waals surface area contributed by atoms with Gasteiger partial charge in [-0.25, -0.2) is 9.97 Å². The van der Waals surface area contributed by atoms with Crippen LogP contribution in [0, 0.1) is 20.6 Å². The highest BCUT2D eigenvalue weighted by molar-refractivity contribution is 14.1. The van der Waals surface area contributed by atoms with Gasteiger partial charge in [0.15, 0.2) is 5.82 Å². The Kier molecular flexibility index (Phi) is 3.41. The van der Waals surface area contributed by atoms with Gasteiger partial charge in [0.2, 0.25) is 0 Å². The Bertz CT molecular complexity index is 607. The Morgan fingerprint density at radius 2 is 2.11 bits per heavy atom. The maximum Gasteiger partial charge on any atom is 0.270 e. The van der Waals surface area contributed by atoms with E-state index in [4.69, 9.17) is 5.73 Å². The summed E-state index contributed by atoms with van der Waals surface area (Å²) >= 11 is 2.06. The molecule has 0 spiro atoms. The van der Waals surface area contributed by atoms with Crippen molar-refractivity contribution in [3.05, 3.63) is 43.6 Å². The number of halogens is 1. The molecule has 0 aliphatic rings. The van der Waals surface area contributed by atoms with E-state index in [1.54, 1.807) is 12.1 Å². The molecule has 0 saturated heterocycles. The van der Waals surface area contributed by atoms with Crippen molar-refractivity contribution in [1.29, 1.82) is 0 Å². The summed E-state index contributed by atoms with van der Waals surface area (Å²) in [6, 6.07) is 6.17. The second kappa shape index (κ2) is 4.84. The first-order valence-corrected chi connectivity index (χ1v) is 6.11. The Labute approximate surface area is 117 Å². The fraction of sp³-hybridized carbons (Fsp3) is 0.0909. The molecule has 2 aromatic rings. The summed E-state index contributed by atoms with van der Waals surface area (Å²) in [6.07, 6.45) is 0.